The molecule has 0 spiro atoms. The van der Waals surface area contributed by atoms with E-state index < -0.39 is 0 Å². The van der Waals surface area contributed by atoms with Crippen molar-refractivity contribution >= 4 is 17.5 Å². The molecule has 0 aliphatic carbocycles. The van der Waals surface area contributed by atoms with Crippen LogP contribution in [0.4, 0.5) is 0 Å². The van der Waals surface area contributed by atoms with Crippen LogP contribution in [0.5, 0.6) is 0 Å². The molecule has 5 nitrogen and oxygen atoms in total. The maximum absolute atomic E-state index is 12.3. The van der Waals surface area contributed by atoms with E-state index in [1.165, 1.54) is 12.0 Å². The minimum absolute atomic E-state index is 0.177. The lowest BCUT2D eigenvalue weighted by molar-refractivity contribution is 0.0927. The molecule has 1 amide bonds. The fourth-order valence-corrected chi connectivity index (χ4v) is 3.72. The van der Waals surface area contributed by atoms with Gasteiger partial charge in [0.25, 0.3) is 5.91 Å². The molecule has 1 unspecified atom stereocenters. The van der Waals surface area contributed by atoms with Gasteiger partial charge in [0.1, 0.15) is 0 Å². The predicted molar refractivity (Wildman–Crippen MR) is 105 cm³/mol. The Bertz CT molecular complexity index is 716. The van der Waals surface area contributed by atoms with Crippen LogP contribution in [0.1, 0.15) is 35.8 Å². The number of amides is 1. The van der Waals surface area contributed by atoms with E-state index in [9.17, 15) is 4.79 Å². The first-order valence-electron chi connectivity index (χ1n) is 9.43. The molecule has 1 aromatic carbocycles. The van der Waals surface area contributed by atoms with Gasteiger partial charge >= 0.3 is 0 Å². The van der Waals surface area contributed by atoms with Crippen LogP contribution in [0.15, 0.2) is 36.5 Å². The summed E-state index contributed by atoms with van der Waals surface area (Å²) in [4.78, 5) is 14.9. The summed E-state index contributed by atoms with van der Waals surface area (Å²) in [5.41, 5.74) is 1.70. The molecule has 3 rings (SSSR count). The van der Waals surface area contributed by atoms with Gasteiger partial charge in [0.2, 0.25) is 0 Å². The predicted octanol–water partition coefficient (Wildman–Crippen LogP) is 3.24. The summed E-state index contributed by atoms with van der Waals surface area (Å²) in [7, 11) is 0. The van der Waals surface area contributed by atoms with Crippen LogP contribution < -0.4 is 5.32 Å². The van der Waals surface area contributed by atoms with Crippen molar-refractivity contribution in [3.8, 4) is 0 Å². The maximum Gasteiger partial charge on any atom is 0.273 e. The normalized spacial score (nSPS) is 18.0. The highest BCUT2D eigenvalue weighted by Gasteiger charge is 2.22. The van der Waals surface area contributed by atoms with E-state index in [4.69, 9.17) is 11.6 Å². The Labute approximate surface area is 160 Å². The SMILES string of the molecule is CCn1cc(Cl)c(C(=O)NCC2CCCN(CCc3ccccc3)C2)n1. The molecule has 1 saturated heterocycles. The average molecular weight is 375 g/mol. The van der Waals surface area contributed by atoms with Crippen LogP contribution in [0.2, 0.25) is 5.02 Å². The van der Waals surface area contributed by atoms with Gasteiger partial charge in [-0.2, -0.15) is 5.10 Å². The standard InChI is InChI=1S/C20H27ClN4O/c1-2-25-15-18(21)19(23-25)20(26)22-13-17-9-6-11-24(14-17)12-10-16-7-4-3-5-8-16/h3-5,7-8,15,17H,2,6,9-14H2,1H3,(H,22,26). The molecule has 2 aromatic rings. The summed E-state index contributed by atoms with van der Waals surface area (Å²) < 4.78 is 1.68. The van der Waals surface area contributed by atoms with Gasteiger partial charge in [0, 0.05) is 32.4 Å². The second-order valence-electron chi connectivity index (χ2n) is 6.94. The second kappa shape index (κ2) is 9.19. The lowest BCUT2D eigenvalue weighted by Gasteiger charge is -2.32. The van der Waals surface area contributed by atoms with E-state index >= 15 is 0 Å². The summed E-state index contributed by atoms with van der Waals surface area (Å²) >= 11 is 6.11. The number of hydrogen-bond donors (Lipinski definition) is 1. The summed E-state index contributed by atoms with van der Waals surface area (Å²) in [5.74, 6) is 0.305. The van der Waals surface area contributed by atoms with E-state index in [0.717, 1.165) is 32.5 Å². The van der Waals surface area contributed by atoms with Crippen LogP contribution in [0, 0.1) is 5.92 Å². The number of hydrogen-bond acceptors (Lipinski definition) is 3. The number of aromatic nitrogens is 2. The molecular formula is C20H27ClN4O. The van der Waals surface area contributed by atoms with Crippen molar-refractivity contribution in [1.82, 2.24) is 20.0 Å². The van der Waals surface area contributed by atoms with Gasteiger partial charge < -0.3 is 10.2 Å². The molecule has 1 aliphatic heterocycles. The van der Waals surface area contributed by atoms with Gasteiger partial charge in [-0.1, -0.05) is 41.9 Å². The molecule has 1 aromatic heterocycles. The number of nitrogens with one attached hydrogen (secondary N) is 1. The minimum atomic E-state index is -0.177. The smallest absolute Gasteiger partial charge is 0.273 e. The van der Waals surface area contributed by atoms with Crippen LogP contribution >= 0.6 is 11.6 Å². The Kier molecular flexibility index (Phi) is 6.69. The van der Waals surface area contributed by atoms with Crippen LogP contribution in [0.25, 0.3) is 0 Å². The largest absolute Gasteiger partial charge is 0.350 e. The number of aryl methyl sites for hydroxylation is 1. The number of benzene rings is 1. The minimum Gasteiger partial charge on any atom is -0.350 e. The zero-order valence-electron chi connectivity index (χ0n) is 15.3. The topological polar surface area (TPSA) is 50.2 Å². The van der Waals surface area contributed by atoms with Gasteiger partial charge in [-0.25, -0.2) is 0 Å². The molecule has 1 N–H and O–H groups in total. The summed E-state index contributed by atoms with van der Waals surface area (Å²) in [6, 6.07) is 10.6. The van der Waals surface area contributed by atoms with Crippen LogP contribution in [0.3, 0.4) is 0 Å². The number of likely N-dealkylation sites (tertiary alicyclic amines) is 1. The molecule has 0 bridgehead atoms. The quantitative estimate of drug-likeness (QED) is 0.809. The first-order chi connectivity index (χ1) is 12.7. The van der Waals surface area contributed by atoms with Gasteiger partial charge in [0.05, 0.1) is 5.02 Å². The first-order valence-corrected chi connectivity index (χ1v) is 9.81. The monoisotopic (exact) mass is 374 g/mol. The molecule has 2 heterocycles. The third-order valence-electron chi connectivity index (χ3n) is 4.97. The Morgan fingerprint density at radius 2 is 2.15 bits per heavy atom. The molecule has 0 saturated carbocycles. The van der Waals surface area contributed by atoms with Crippen LogP contribution in [-0.4, -0.2) is 46.8 Å². The molecule has 6 heteroatoms. The highest BCUT2D eigenvalue weighted by molar-refractivity contribution is 6.33. The van der Waals surface area contributed by atoms with Crippen molar-refractivity contribution in [2.75, 3.05) is 26.2 Å². The number of halogens is 1. The number of piperidine rings is 1. The van der Waals surface area contributed by atoms with Gasteiger partial charge in [-0.05, 0) is 44.2 Å². The lowest BCUT2D eigenvalue weighted by Crippen LogP contribution is -2.41. The van der Waals surface area contributed by atoms with Crippen molar-refractivity contribution in [1.29, 1.82) is 0 Å². The van der Waals surface area contributed by atoms with E-state index in [-0.39, 0.29) is 5.91 Å². The first kappa shape index (κ1) is 18.9. The highest BCUT2D eigenvalue weighted by Crippen LogP contribution is 2.17. The Morgan fingerprint density at radius 1 is 1.35 bits per heavy atom. The van der Waals surface area contributed by atoms with Crippen molar-refractivity contribution in [2.45, 2.75) is 32.7 Å². The number of carbonyl (C=O) groups excluding carboxylic acids is 1. The summed E-state index contributed by atoms with van der Waals surface area (Å²) in [5, 5.41) is 7.66. The van der Waals surface area contributed by atoms with Crippen molar-refractivity contribution in [2.24, 2.45) is 5.92 Å². The van der Waals surface area contributed by atoms with Gasteiger partial charge in [-0.3, -0.25) is 9.48 Å². The lowest BCUT2D eigenvalue weighted by atomic mass is 9.97. The Hall–Kier alpha value is -1.85. The van der Waals surface area contributed by atoms with Gasteiger partial charge in [0.15, 0.2) is 5.69 Å². The number of carbonyl (C=O) groups is 1. The molecule has 1 aliphatic rings. The summed E-state index contributed by atoms with van der Waals surface area (Å²) in [6.07, 6.45) is 5.10. The van der Waals surface area contributed by atoms with Gasteiger partial charge in [-0.15, -0.1) is 0 Å². The Morgan fingerprint density at radius 3 is 2.88 bits per heavy atom. The fourth-order valence-electron chi connectivity index (χ4n) is 3.49. The fraction of sp³-hybridized carbons (Fsp3) is 0.500. The zero-order chi connectivity index (χ0) is 18.4. The van der Waals surface area contributed by atoms with Crippen LogP contribution in [-0.2, 0) is 13.0 Å². The van der Waals surface area contributed by atoms with Crippen molar-refractivity contribution < 1.29 is 4.79 Å². The molecule has 140 valence electrons. The second-order valence-corrected chi connectivity index (χ2v) is 7.34. The molecular weight excluding hydrogens is 348 g/mol. The molecule has 26 heavy (non-hydrogen) atoms. The third-order valence-corrected chi connectivity index (χ3v) is 5.25. The average Bonchev–Trinajstić information content (AvgIpc) is 3.06. The van der Waals surface area contributed by atoms with E-state index in [2.05, 4.69) is 45.6 Å². The van der Waals surface area contributed by atoms with Crippen molar-refractivity contribution in [3.63, 3.8) is 0 Å². The highest BCUT2D eigenvalue weighted by atomic mass is 35.5. The number of nitrogens with zero attached hydrogens (tertiary/aromatic N) is 3. The van der Waals surface area contributed by atoms with E-state index in [1.807, 2.05) is 6.92 Å². The van der Waals surface area contributed by atoms with Crippen molar-refractivity contribution in [3.05, 3.63) is 52.8 Å². The summed E-state index contributed by atoms with van der Waals surface area (Å²) in [6.45, 7) is 6.59. The van der Waals surface area contributed by atoms with E-state index in [1.54, 1.807) is 10.9 Å². The third kappa shape index (κ3) is 5.08. The molecule has 1 atom stereocenters. The molecule has 0 radical (unpaired) electrons. The zero-order valence-corrected chi connectivity index (χ0v) is 16.1. The Balaban J connectivity index is 1.45. The number of rotatable bonds is 7. The molecule has 1 fully saturated rings. The van der Waals surface area contributed by atoms with E-state index in [0.29, 0.717) is 29.7 Å². The maximum atomic E-state index is 12.3.